The highest BCUT2D eigenvalue weighted by Gasteiger charge is 2.35. The lowest BCUT2D eigenvalue weighted by Crippen LogP contribution is -2.46. The number of aryl methyl sites for hydroxylation is 1. The van der Waals surface area contributed by atoms with Crippen molar-refractivity contribution in [1.82, 2.24) is 19.6 Å². The molecule has 0 aromatic carbocycles. The molecule has 4 rings (SSSR count). The van der Waals surface area contributed by atoms with E-state index < -0.39 is 0 Å². The molecule has 1 saturated heterocycles. The summed E-state index contributed by atoms with van der Waals surface area (Å²) in [7, 11) is 2.00. The number of carbonyl (C=O) groups excluding carboxylic acids is 1. The number of fused-ring (bicyclic) bond motifs is 1. The first-order valence-electron chi connectivity index (χ1n) is 10.6. The van der Waals surface area contributed by atoms with Crippen LogP contribution in [0.4, 0.5) is 0 Å². The van der Waals surface area contributed by atoms with Crippen molar-refractivity contribution in [3.63, 3.8) is 0 Å². The van der Waals surface area contributed by atoms with E-state index in [2.05, 4.69) is 28.7 Å². The highest BCUT2D eigenvalue weighted by atomic mass is 16.2. The van der Waals surface area contributed by atoms with Crippen LogP contribution in [-0.2, 0) is 19.9 Å². The number of aromatic nitrogens is 2. The minimum atomic E-state index is 0.169. The average Bonchev–Trinajstić information content (AvgIpc) is 3.41. The van der Waals surface area contributed by atoms with Crippen molar-refractivity contribution >= 4 is 5.91 Å². The highest BCUT2D eigenvalue weighted by molar-refractivity contribution is 5.94. The predicted octanol–water partition coefficient (Wildman–Crippen LogP) is 2.88. The van der Waals surface area contributed by atoms with Gasteiger partial charge in [0.15, 0.2) is 5.69 Å². The smallest absolute Gasteiger partial charge is 0.274 e. The molecule has 0 spiro atoms. The maximum Gasteiger partial charge on any atom is 0.274 e. The van der Waals surface area contributed by atoms with Crippen molar-refractivity contribution in [3.05, 3.63) is 17.0 Å². The van der Waals surface area contributed by atoms with Crippen LogP contribution in [0.1, 0.15) is 67.7 Å². The largest absolute Gasteiger partial charge is 0.336 e. The molecule has 1 amide bonds. The Kier molecular flexibility index (Phi) is 5.09. The van der Waals surface area contributed by atoms with Crippen molar-refractivity contribution in [2.45, 2.75) is 64.8 Å². The predicted molar refractivity (Wildman–Crippen MR) is 103 cm³/mol. The summed E-state index contributed by atoms with van der Waals surface area (Å²) in [6, 6.07) is 0.474. The first-order valence-corrected chi connectivity index (χ1v) is 10.6. The number of hydrogen-bond donors (Lipinski definition) is 0. The highest BCUT2D eigenvalue weighted by Crippen LogP contribution is 2.32. The van der Waals surface area contributed by atoms with E-state index in [1.165, 1.54) is 43.5 Å². The lowest BCUT2D eigenvalue weighted by molar-refractivity contribution is 0.0696. The number of amides is 1. The second-order valence-electron chi connectivity index (χ2n) is 8.96. The molecular formula is C21H34N4O. The molecule has 2 fully saturated rings. The van der Waals surface area contributed by atoms with Crippen LogP contribution < -0.4 is 0 Å². The van der Waals surface area contributed by atoms with E-state index in [1.807, 2.05) is 11.7 Å². The number of nitrogens with zero attached hydrogens (tertiary/aromatic N) is 4. The molecule has 1 aromatic heterocycles. The first kappa shape index (κ1) is 18.0. The van der Waals surface area contributed by atoms with Crippen LogP contribution >= 0.6 is 0 Å². The summed E-state index contributed by atoms with van der Waals surface area (Å²) in [6.07, 6.45) is 8.35. The fourth-order valence-corrected chi connectivity index (χ4v) is 4.83. The zero-order valence-corrected chi connectivity index (χ0v) is 16.7. The van der Waals surface area contributed by atoms with Gasteiger partial charge in [-0.15, -0.1) is 0 Å². The van der Waals surface area contributed by atoms with Crippen LogP contribution in [-0.4, -0.2) is 57.7 Å². The normalized spacial score (nSPS) is 24.6. The van der Waals surface area contributed by atoms with Crippen molar-refractivity contribution in [3.8, 4) is 0 Å². The van der Waals surface area contributed by atoms with Gasteiger partial charge in [-0.05, 0) is 56.8 Å². The molecule has 0 bridgehead atoms. The lowest BCUT2D eigenvalue weighted by atomic mass is 9.95. The van der Waals surface area contributed by atoms with Crippen LogP contribution in [0.25, 0.3) is 0 Å². The Morgan fingerprint density at radius 3 is 2.65 bits per heavy atom. The molecule has 5 nitrogen and oxygen atoms in total. The molecule has 1 saturated carbocycles. The van der Waals surface area contributed by atoms with Gasteiger partial charge in [0.2, 0.25) is 0 Å². The van der Waals surface area contributed by atoms with Crippen molar-refractivity contribution in [1.29, 1.82) is 0 Å². The minimum absolute atomic E-state index is 0.169. The van der Waals surface area contributed by atoms with Crippen molar-refractivity contribution in [2.24, 2.45) is 18.9 Å². The zero-order valence-electron chi connectivity index (χ0n) is 16.7. The summed E-state index contributed by atoms with van der Waals surface area (Å²) in [5, 5.41) is 4.66. The summed E-state index contributed by atoms with van der Waals surface area (Å²) in [5.41, 5.74) is 3.24. The molecule has 5 heteroatoms. The lowest BCUT2D eigenvalue weighted by Gasteiger charge is -2.34. The fourth-order valence-electron chi connectivity index (χ4n) is 4.83. The quantitative estimate of drug-likeness (QED) is 0.831. The first-order chi connectivity index (χ1) is 12.5. The van der Waals surface area contributed by atoms with E-state index in [-0.39, 0.29) is 5.91 Å². The number of carbonyl (C=O) groups is 1. The molecule has 0 N–H and O–H groups in total. The molecule has 2 aliphatic carbocycles. The standard InChI is InChI=1S/C21H34N4O/c1-15(2)19-14-25(12-6-11-24(19)13-16-9-10-16)21(26)20-17-7-4-5-8-18(17)23(3)22-20/h15-16,19H,4-14H2,1-3H3. The van der Waals surface area contributed by atoms with Gasteiger partial charge in [-0.1, -0.05) is 13.8 Å². The van der Waals surface area contributed by atoms with Gasteiger partial charge in [0, 0.05) is 50.5 Å². The molecule has 0 radical (unpaired) electrons. The van der Waals surface area contributed by atoms with Gasteiger partial charge in [0.05, 0.1) is 0 Å². The minimum Gasteiger partial charge on any atom is -0.336 e. The number of rotatable bonds is 4. The van der Waals surface area contributed by atoms with E-state index >= 15 is 0 Å². The molecule has 1 unspecified atom stereocenters. The SMILES string of the molecule is CC(C)C1CN(C(=O)c2nn(C)c3c2CCCC3)CCCN1CC1CC1. The van der Waals surface area contributed by atoms with E-state index in [4.69, 9.17) is 0 Å². The monoisotopic (exact) mass is 358 g/mol. The Labute approximate surface area is 157 Å². The van der Waals surface area contributed by atoms with Crippen LogP contribution in [0.15, 0.2) is 0 Å². The average molecular weight is 359 g/mol. The molecular weight excluding hydrogens is 324 g/mol. The van der Waals surface area contributed by atoms with E-state index in [9.17, 15) is 4.79 Å². The van der Waals surface area contributed by atoms with Gasteiger partial charge in [-0.25, -0.2) is 0 Å². The molecule has 3 aliphatic rings. The van der Waals surface area contributed by atoms with Gasteiger partial charge in [0.1, 0.15) is 0 Å². The summed E-state index contributed by atoms with van der Waals surface area (Å²) >= 11 is 0. The van der Waals surface area contributed by atoms with Crippen LogP contribution in [0, 0.1) is 11.8 Å². The van der Waals surface area contributed by atoms with Crippen molar-refractivity contribution < 1.29 is 4.79 Å². The Morgan fingerprint density at radius 2 is 1.92 bits per heavy atom. The third-order valence-electron chi connectivity index (χ3n) is 6.56. The maximum absolute atomic E-state index is 13.4. The van der Waals surface area contributed by atoms with Gasteiger partial charge >= 0.3 is 0 Å². The third kappa shape index (κ3) is 3.55. The summed E-state index contributed by atoms with van der Waals surface area (Å²) < 4.78 is 1.96. The Balaban J connectivity index is 1.54. The number of hydrogen-bond acceptors (Lipinski definition) is 3. The van der Waals surface area contributed by atoms with Crippen LogP contribution in [0.2, 0.25) is 0 Å². The zero-order chi connectivity index (χ0) is 18.3. The van der Waals surface area contributed by atoms with E-state index in [0.29, 0.717) is 12.0 Å². The second kappa shape index (κ2) is 7.34. The molecule has 1 aromatic rings. The van der Waals surface area contributed by atoms with Gasteiger partial charge in [-0.3, -0.25) is 14.4 Å². The van der Waals surface area contributed by atoms with Gasteiger partial charge < -0.3 is 4.90 Å². The second-order valence-corrected chi connectivity index (χ2v) is 8.96. The van der Waals surface area contributed by atoms with Crippen LogP contribution in [0.5, 0.6) is 0 Å². The summed E-state index contributed by atoms with van der Waals surface area (Å²) in [4.78, 5) is 18.2. The van der Waals surface area contributed by atoms with Gasteiger partial charge in [0.25, 0.3) is 5.91 Å². The molecule has 26 heavy (non-hydrogen) atoms. The van der Waals surface area contributed by atoms with Gasteiger partial charge in [-0.2, -0.15) is 5.10 Å². The Hall–Kier alpha value is -1.36. The Morgan fingerprint density at radius 1 is 1.15 bits per heavy atom. The molecule has 2 heterocycles. The molecule has 144 valence electrons. The molecule has 1 aliphatic heterocycles. The van der Waals surface area contributed by atoms with E-state index in [1.54, 1.807) is 0 Å². The van der Waals surface area contributed by atoms with Crippen LogP contribution in [0.3, 0.4) is 0 Å². The van der Waals surface area contributed by atoms with Crippen molar-refractivity contribution in [2.75, 3.05) is 26.2 Å². The van der Waals surface area contributed by atoms with E-state index in [0.717, 1.165) is 50.5 Å². The Bertz CT molecular complexity index is 661. The topological polar surface area (TPSA) is 41.4 Å². The summed E-state index contributed by atoms with van der Waals surface area (Å²) in [6.45, 7) is 8.69. The molecule has 1 atom stereocenters. The third-order valence-corrected chi connectivity index (χ3v) is 6.56. The summed E-state index contributed by atoms with van der Waals surface area (Å²) in [5.74, 6) is 1.64. The maximum atomic E-state index is 13.4. The fraction of sp³-hybridized carbons (Fsp3) is 0.810.